The predicted octanol–water partition coefficient (Wildman–Crippen LogP) is 2.31. The molecular weight excluding hydrogens is 268 g/mol. The van der Waals surface area contributed by atoms with Gasteiger partial charge in [0.1, 0.15) is 5.82 Å². The molecule has 2 N–H and O–H groups in total. The summed E-state index contributed by atoms with van der Waals surface area (Å²) >= 11 is 0. The third-order valence-electron chi connectivity index (χ3n) is 3.56. The zero-order valence-electron chi connectivity index (χ0n) is 12.1. The lowest BCUT2D eigenvalue weighted by Crippen LogP contribution is -2.23. The van der Waals surface area contributed by atoms with E-state index in [1.54, 1.807) is 18.3 Å². The number of imidazole rings is 1. The van der Waals surface area contributed by atoms with Gasteiger partial charge in [-0.3, -0.25) is 10.1 Å². The average Bonchev–Trinajstić information content (AvgIpc) is 2.92. The van der Waals surface area contributed by atoms with Gasteiger partial charge in [-0.25, -0.2) is 4.98 Å². The number of non-ortho nitro benzene ring substituents is 1. The zero-order chi connectivity index (χ0) is 15.2. The van der Waals surface area contributed by atoms with Crippen molar-refractivity contribution in [1.29, 1.82) is 0 Å². The average molecular weight is 288 g/mol. The van der Waals surface area contributed by atoms with Gasteiger partial charge in [-0.15, -0.1) is 0 Å². The lowest BCUT2D eigenvalue weighted by Gasteiger charge is -2.11. The van der Waals surface area contributed by atoms with Crippen molar-refractivity contribution in [3.63, 3.8) is 0 Å². The first-order chi connectivity index (χ1) is 10.1. The van der Waals surface area contributed by atoms with Crippen molar-refractivity contribution < 1.29 is 4.92 Å². The van der Waals surface area contributed by atoms with Crippen molar-refractivity contribution >= 4 is 5.69 Å². The highest BCUT2D eigenvalue weighted by Crippen LogP contribution is 2.13. The normalized spacial score (nSPS) is 12.3. The summed E-state index contributed by atoms with van der Waals surface area (Å²) in [5, 5.41) is 10.6. The third-order valence-corrected chi connectivity index (χ3v) is 3.56. The highest BCUT2D eigenvalue weighted by molar-refractivity contribution is 5.32. The predicted molar refractivity (Wildman–Crippen MR) is 81.0 cm³/mol. The fourth-order valence-corrected chi connectivity index (χ4v) is 2.15. The lowest BCUT2D eigenvalue weighted by atomic mass is 10.1. The highest BCUT2D eigenvalue weighted by atomic mass is 16.6. The SMILES string of the molecule is CCC(N)Cc1nccn1CCc1ccc([N+](=O)[O-])cc1. The van der Waals surface area contributed by atoms with Gasteiger partial charge in [0.2, 0.25) is 0 Å². The van der Waals surface area contributed by atoms with Gasteiger partial charge in [0.15, 0.2) is 0 Å². The van der Waals surface area contributed by atoms with Gasteiger partial charge >= 0.3 is 0 Å². The summed E-state index contributed by atoms with van der Waals surface area (Å²) in [5.74, 6) is 0.992. The molecule has 0 saturated heterocycles. The van der Waals surface area contributed by atoms with Gasteiger partial charge < -0.3 is 10.3 Å². The first-order valence-corrected chi connectivity index (χ1v) is 7.09. The van der Waals surface area contributed by atoms with Crippen LogP contribution in [-0.4, -0.2) is 20.5 Å². The summed E-state index contributed by atoms with van der Waals surface area (Å²) in [5.41, 5.74) is 7.16. The van der Waals surface area contributed by atoms with Gasteiger partial charge in [0, 0.05) is 43.5 Å². The second-order valence-corrected chi connectivity index (χ2v) is 5.08. The molecule has 0 bridgehead atoms. The minimum Gasteiger partial charge on any atom is -0.335 e. The van der Waals surface area contributed by atoms with Crippen LogP contribution in [0.3, 0.4) is 0 Å². The summed E-state index contributed by atoms with van der Waals surface area (Å²) in [6, 6.07) is 6.80. The molecule has 0 saturated carbocycles. The molecule has 0 aliphatic rings. The molecule has 1 aromatic carbocycles. The standard InChI is InChI=1S/C15H20N4O2/c1-2-13(16)11-15-17-8-10-18(15)9-7-12-3-5-14(6-4-12)19(20)21/h3-6,8,10,13H,2,7,9,11,16H2,1H3. The summed E-state index contributed by atoms with van der Waals surface area (Å²) in [6.07, 6.45) is 6.23. The molecule has 0 fully saturated rings. The molecule has 2 rings (SSSR count). The second-order valence-electron chi connectivity index (χ2n) is 5.08. The van der Waals surface area contributed by atoms with E-state index in [0.29, 0.717) is 0 Å². The lowest BCUT2D eigenvalue weighted by molar-refractivity contribution is -0.384. The van der Waals surface area contributed by atoms with Crippen LogP contribution >= 0.6 is 0 Å². The van der Waals surface area contributed by atoms with Crippen LogP contribution in [0.2, 0.25) is 0 Å². The number of aryl methyl sites for hydroxylation is 2. The molecule has 1 atom stereocenters. The monoisotopic (exact) mass is 288 g/mol. The highest BCUT2D eigenvalue weighted by Gasteiger charge is 2.08. The quantitative estimate of drug-likeness (QED) is 0.625. The second kappa shape index (κ2) is 6.99. The maximum atomic E-state index is 10.6. The number of nitro benzene ring substituents is 1. The molecule has 0 spiro atoms. The molecule has 1 unspecified atom stereocenters. The van der Waals surface area contributed by atoms with E-state index in [1.165, 1.54) is 12.1 Å². The van der Waals surface area contributed by atoms with Crippen molar-refractivity contribution in [1.82, 2.24) is 9.55 Å². The molecule has 1 aromatic heterocycles. The molecule has 2 aromatic rings. The Hall–Kier alpha value is -2.21. The van der Waals surface area contributed by atoms with E-state index in [-0.39, 0.29) is 16.7 Å². The summed E-state index contributed by atoms with van der Waals surface area (Å²) in [4.78, 5) is 14.6. The molecular formula is C15H20N4O2. The topological polar surface area (TPSA) is 87.0 Å². The van der Waals surface area contributed by atoms with Gasteiger partial charge in [-0.2, -0.15) is 0 Å². The van der Waals surface area contributed by atoms with Gasteiger partial charge in [0.25, 0.3) is 5.69 Å². The van der Waals surface area contributed by atoms with Crippen molar-refractivity contribution in [3.05, 3.63) is 58.2 Å². The van der Waals surface area contributed by atoms with E-state index >= 15 is 0 Å². The zero-order valence-corrected chi connectivity index (χ0v) is 12.1. The first kappa shape index (κ1) is 15.2. The maximum absolute atomic E-state index is 10.6. The molecule has 21 heavy (non-hydrogen) atoms. The number of rotatable bonds is 7. The van der Waals surface area contributed by atoms with Crippen LogP contribution in [0.25, 0.3) is 0 Å². The fraction of sp³-hybridized carbons (Fsp3) is 0.400. The number of nitrogens with zero attached hydrogens (tertiary/aromatic N) is 3. The largest absolute Gasteiger partial charge is 0.335 e. The van der Waals surface area contributed by atoms with Crippen LogP contribution in [0.4, 0.5) is 5.69 Å². The number of benzene rings is 1. The number of hydrogen-bond acceptors (Lipinski definition) is 4. The van der Waals surface area contributed by atoms with Crippen molar-refractivity contribution in [2.75, 3.05) is 0 Å². The summed E-state index contributed by atoms with van der Waals surface area (Å²) in [6.45, 7) is 2.86. The molecule has 0 amide bonds. The van der Waals surface area contributed by atoms with Gasteiger partial charge in [-0.1, -0.05) is 19.1 Å². The Bertz CT molecular complexity index is 592. The molecule has 0 aliphatic carbocycles. The van der Waals surface area contributed by atoms with E-state index < -0.39 is 0 Å². The van der Waals surface area contributed by atoms with Gasteiger partial charge in [0.05, 0.1) is 4.92 Å². The smallest absolute Gasteiger partial charge is 0.269 e. The number of nitro groups is 1. The number of nitrogens with two attached hydrogens (primary N) is 1. The Balaban J connectivity index is 1.97. The van der Waals surface area contributed by atoms with E-state index in [4.69, 9.17) is 5.73 Å². The Morgan fingerprint density at radius 3 is 2.71 bits per heavy atom. The minimum absolute atomic E-state index is 0.121. The van der Waals surface area contributed by atoms with Crippen LogP contribution in [0.5, 0.6) is 0 Å². The molecule has 0 radical (unpaired) electrons. The summed E-state index contributed by atoms with van der Waals surface area (Å²) in [7, 11) is 0. The van der Waals surface area contributed by atoms with Crippen molar-refractivity contribution in [3.8, 4) is 0 Å². The van der Waals surface area contributed by atoms with Gasteiger partial charge in [-0.05, 0) is 18.4 Å². The van der Waals surface area contributed by atoms with Crippen LogP contribution in [0.15, 0.2) is 36.7 Å². The third kappa shape index (κ3) is 4.13. The van der Waals surface area contributed by atoms with Crippen molar-refractivity contribution in [2.24, 2.45) is 5.73 Å². The van der Waals surface area contributed by atoms with Crippen LogP contribution in [0.1, 0.15) is 24.7 Å². The number of aromatic nitrogens is 2. The van der Waals surface area contributed by atoms with Crippen molar-refractivity contribution in [2.45, 2.75) is 38.8 Å². The minimum atomic E-state index is -0.385. The first-order valence-electron chi connectivity index (χ1n) is 7.09. The van der Waals surface area contributed by atoms with E-state index in [1.807, 2.05) is 6.20 Å². The molecule has 112 valence electrons. The fourth-order valence-electron chi connectivity index (χ4n) is 2.15. The Morgan fingerprint density at radius 1 is 1.38 bits per heavy atom. The molecule has 6 heteroatoms. The Morgan fingerprint density at radius 2 is 2.10 bits per heavy atom. The van der Waals surface area contributed by atoms with Crippen LogP contribution in [-0.2, 0) is 19.4 Å². The molecule has 1 heterocycles. The van der Waals surface area contributed by atoms with E-state index in [9.17, 15) is 10.1 Å². The maximum Gasteiger partial charge on any atom is 0.269 e. The van der Waals surface area contributed by atoms with E-state index in [0.717, 1.165) is 37.2 Å². The Kier molecular flexibility index (Phi) is 5.05. The van der Waals surface area contributed by atoms with Crippen LogP contribution in [0, 0.1) is 10.1 Å². The Labute approximate surface area is 123 Å². The van der Waals surface area contributed by atoms with E-state index in [2.05, 4.69) is 16.5 Å². The number of hydrogen-bond donors (Lipinski definition) is 1. The molecule has 0 aliphatic heterocycles. The summed E-state index contributed by atoms with van der Waals surface area (Å²) < 4.78 is 2.09. The molecule has 6 nitrogen and oxygen atoms in total. The van der Waals surface area contributed by atoms with Crippen LogP contribution < -0.4 is 5.73 Å².